The van der Waals surface area contributed by atoms with E-state index in [2.05, 4.69) is 14.9 Å². The van der Waals surface area contributed by atoms with Crippen molar-refractivity contribution in [2.24, 2.45) is 5.92 Å². The van der Waals surface area contributed by atoms with Crippen LogP contribution in [0, 0.1) is 5.92 Å². The Balaban J connectivity index is 1.97. The molecule has 1 aliphatic rings. The summed E-state index contributed by atoms with van der Waals surface area (Å²) in [5.74, 6) is 0.0627. The van der Waals surface area contributed by atoms with Crippen LogP contribution < -0.4 is 5.32 Å². The second-order valence-electron chi connectivity index (χ2n) is 4.44. The number of carbonyl (C=O) groups is 1. The minimum absolute atomic E-state index is 0.0806. The first-order chi connectivity index (χ1) is 8.31. The molecule has 5 nitrogen and oxygen atoms in total. The molecule has 1 saturated carbocycles. The van der Waals surface area contributed by atoms with Crippen molar-refractivity contribution in [1.82, 2.24) is 14.9 Å². The Kier molecular flexibility index (Phi) is 4.44. The Morgan fingerprint density at radius 1 is 1.47 bits per heavy atom. The average Bonchev–Trinajstić information content (AvgIpc) is 2.78. The van der Waals surface area contributed by atoms with Crippen LogP contribution in [0.3, 0.4) is 0 Å². The molecule has 2 atom stereocenters. The van der Waals surface area contributed by atoms with Crippen molar-refractivity contribution in [2.75, 3.05) is 6.61 Å². The molecule has 0 bridgehead atoms. The van der Waals surface area contributed by atoms with Crippen LogP contribution in [0.2, 0.25) is 0 Å². The minimum atomic E-state index is -0.120. The molecule has 1 aliphatic carbocycles. The molecule has 6 heteroatoms. The predicted molar refractivity (Wildman–Crippen MR) is 64.8 cm³/mol. The van der Waals surface area contributed by atoms with Crippen molar-refractivity contribution in [3.8, 4) is 0 Å². The fourth-order valence-corrected chi connectivity index (χ4v) is 2.72. The number of carbonyl (C=O) groups excluding carboxylic acids is 1. The van der Waals surface area contributed by atoms with Gasteiger partial charge in [0.1, 0.15) is 4.88 Å². The number of aromatic nitrogens is 2. The Labute approximate surface area is 104 Å². The largest absolute Gasteiger partial charge is 0.396 e. The monoisotopic (exact) mass is 255 g/mol. The van der Waals surface area contributed by atoms with Crippen LogP contribution in [-0.2, 0) is 0 Å². The SMILES string of the molecule is O=C(NC1CCCCCC1CO)c1cnns1. The van der Waals surface area contributed by atoms with Gasteiger partial charge < -0.3 is 10.4 Å². The summed E-state index contributed by atoms with van der Waals surface area (Å²) in [4.78, 5) is 12.4. The number of hydrogen-bond donors (Lipinski definition) is 2. The molecule has 0 radical (unpaired) electrons. The Morgan fingerprint density at radius 2 is 2.29 bits per heavy atom. The quantitative estimate of drug-likeness (QED) is 0.796. The highest BCUT2D eigenvalue weighted by Gasteiger charge is 2.25. The second-order valence-corrected chi connectivity index (χ2v) is 5.23. The molecule has 0 aromatic carbocycles. The molecule has 1 aromatic rings. The van der Waals surface area contributed by atoms with Gasteiger partial charge >= 0.3 is 0 Å². The molecule has 1 aromatic heterocycles. The molecule has 17 heavy (non-hydrogen) atoms. The van der Waals surface area contributed by atoms with Crippen LogP contribution >= 0.6 is 11.5 Å². The highest BCUT2D eigenvalue weighted by atomic mass is 32.1. The van der Waals surface area contributed by atoms with Gasteiger partial charge in [0, 0.05) is 18.6 Å². The van der Waals surface area contributed by atoms with E-state index in [1.165, 1.54) is 12.6 Å². The molecule has 1 fully saturated rings. The van der Waals surface area contributed by atoms with Crippen LogP contribution in [0.25, 0.3) is 0 Å². The molecular weight excluding hydrogens is 238 g/mol. The molecule has 0 spiro atoms. The van der Waals surface area contributed by atoms with Gasteiger partial charge in [-0.15, -0.1) is 5.10 Å². The third-order valence-corrected chi connectivity index (χ3v) is 3.96. The second kappa shape index (κ2) is 6.07. The lowest BCUT2D eigenvalue weighted by Gasteiger charge is -2.23. The number of rotatable bonds is 3. The van der Waals surface area contributed by atoms with Gasteiger partial charge in [-0.2, -0.15) is 0 Å². The maximum atomic E-state index is 11.9. The molecule has 1 amide bonds. The number of nitrogens with one attached hydrogen (secondary N) is 1. The standard InChI is InChI=1S/C11H17N3O2S/c15-7-8-4-2-1-3-5-9(8)13-11(16)10-6-12-14-17-10/h6,8-9,15H,1-5,7H2,(H,13,16). The number of amides is 1. The Hall–Kier alpha value is -1.01. The van der Waals surface area contributed by atoms with Crippen LogP contribution in [-0.4, -0.2) is 33.2 Å². The van der Waals surface area contributed by atoms with Crippen molar-refractivity contribution in [3.63, 3.8) is 0 Å². The smallest absolute Gasteiger partial charge is 0.264 e. The van der Waals surface area contributed by atoms with E-state index >= 15 is 0 Å². The molecule has 2 N–H and O–H groups in total. The van der Waals surface area contributed by atoms with E-state index in [9.17, 15) is 9.90 Å². The first-order valence-corrected chi connectivity index (χ1v) is 6.77. The summed E-state index contributed by atoms with van der Waals surface area (Å²) in [6.45, 7) is 0.145. The highest BCUT2D eigenvalue weighted by Crippen LogP contribution is 2.23. The van der Waals surface area contributed by atoms with E-state index in [0.717, 1.165) is 37.2 Å². The third-order valence-electron chi connectivity index (χ3n) is 3.30. The Morgan fingerprint density at radius 3 is 3.00 bits per heavy atom. The van der Waals surface area contributed by atoms with E-state index in [1.807, 2.05) is 0 Å². The van der Waals surface area contributed by atoms with Crippen molar-refractivity contribution < 1.29 is 9.90 Å². The molecule has 0 saturated heterocycles. The maximum absolute atomic E-state index is 11.9. The van der Waals surface area contributed by atoms with E-state index < -0.39 is 0 Å². The predicted octanol–water partition coefficient (Wildman–Crippen LogP) is 1.21. The summed E-state index contributed by atoms with van der Waals surface area (Å²) in [5, 5.41) is 16.0. The summed E-state index contributed by atoms with van der Waals surface area (Å²) in [5.41, 5.74) is 0. The highest BCUT2D eigenvalue weighted by molar-refractivity contribution is 7.07. The molecular formula is C11H17N3O2S. The fourth-order valence-electron chi connectivity index (χ4n) is 2.30. The van der Waals surface area contributed by atoms with Gasteiger partial charge in [-0.05, 0) is 24.4 Å². The normalized spacial score (nSPS) is 25.2. The van der Waals surface area contributed by atoms with E-state index in [1.54, 1.807) is 0 Å². The number of aliphatic hydroxyl groups is 1. The fraction of sp³-hybridized carbons (Fsp3) is 0.727. The summed E-state index contributed by atoms with van der Waals surface area (Å²) >= 11 is 1.10. The summed E-state index contributed by atoms with van der Waals surface area (Å²) in [7, 11) is 0. The van der Waals surface area contributed by atoms with Gasteiger partial charge in [0.15, 0.2) is 0 Å². The van der Waals surface area contributed by atoms with Crippen LogP contribution in [0.4, 0.5) is 0 Å². The van der Waals surface area contributed by atoms with Gasteiger partial charge in [-0.1, -0.05) is 23.8 Å². The van der Waals surface area contributed by atoms with Crippen LogP contribution in [0.15, 0.2) is 6.20 Å². The lowest BCUT2D eigenvalue weighted by Crippen LogP contribution is -2.40. The van der Waals surface area contributed by atoms with E-state index in [-0.39, 0.29) is 24.5 Å². The molecule has 94 valence electrons. The van der Waals surface area contributed by atoms with Crippen molar-refractivity contribution in [3.05, 3.63) is 11.1 Å². The summed E-state index contributed by atoms with van der Waals surface area (Å²) in [6.07, 6.45) is 6.85. The molecule has 2 rings (SSSR count). The number of nitrogens with zero attached hydrogens (tertiary/aromatic N) is 2. The van der Waals surface area contributed by atoms with Crippen molar-refractivity contribution in [1.29, 1.82) is 0 Å². The lowest BCUT2D eigenvalue weighted by atomic mass is 9.95. The molecule has 1 heterocycles. The first kappa shape index (κ1) is 12.4. The lowest BCUT2D eigenvalue weighted by molar-refractivity contribution is 0.0903. The topological polar surface area (TPSA) is 75.1 Å². The third kappa shape index (κ3) is 3.23. The zero-order chi connectivity index (χ0) is 12.1. The molecule has 2 unspecified atom stereocenters. The van der Waals surface area contributed by atoms with Gasteiger partial charge in [-0.3, -0.25) is 4.79 Å². The van der Waals surface area contributed by atoms with Gasteiger partial charge in [0.25, 0.3) is 5.91 Å². The average molecular weight is 255 g/mol. The molecule has 0 aliphatic heterocycles. The van der Waals surface area contributed by atoms with E-state index in [0.29, 0.717) is 4.88 Å². The van der Waals surface area contributed by atoms with Gasteiger partial charge in [0.2, 0.25) is 0 Å². The van der Waals surface area contributed by atoms with Crippen LogP contribution in [0.5, 0.6) is 0 Å². The van der Waals surface area contributed by atoms with Crippen molar-refractivity contribution >= 4 is 17.4 Å². The van der Waals surface area contributed by atoms with Crippen LogP contribution in [0.1, 0.15) is 41.8 Å². The number of aliphatic hydroxyl groups excluding tert-OH is 1. The Bertz CT molecular complexity index is 356. The first-order valence-electron chi connectivity index (χ1n) is 6.00. The maximum Gasteiger partial charge on any atom is 0.264 e. The van der Waals surface area contributed by atoms with E-state index in [4.69, 9.17) is 0 Å². The summed E-state index contributed by atoms with van der Waals surface area (Å²) in [6, 6.07) is 0.0806. The zero-order valence-electron chi connectivity index (χ0n) is 9.63. The van der Waals surface area contributed by atoms with Crippen molar-refractivity contribution in [2.45, 2.75) is 38.1 Å². The van der Waals surface area contributed by atoms with Gasteiger partial charge in [0.05, 0.1) is 6.20 Å². The number of hydrogen-bond acceptors (Lipinski definition) is 5. The summed E-state index contributed by atoms with van der Waals surface area (Å²) < 4.78 is 3.68. The zero-order valence-corrected chi connectivity index (χ0v) is 10.4. The minimum Gasteiger partial charge on any atom is -0.396 e. The van der Waals surface area contributed by atoms with Gasteiger partial charge in [-0.25, -0.2) is 0 Å².